The molecule has 1 heteroatoms. The summed E-state index contributed by atoms with van der Waals surface area (Å²) in [6, 6.07) is 0. The van der Waals surface area contributed by atoms with Crippen LogP contribution >= 0.6 is 0 Å². The molecule has 5 aliphatic carbocycles. The molecule has 0 aromatic heterocycles. The summed E-state index contributed by atoms with van der Waals surface area (Å²) in [4.78, 5) is 0. The second-order valence-electron chi connectivity index (χ2n) is 8.37. The summed E-state index contributed by atoms with van der Waals surface area (Å²) < 4.78 is 0. The SMILES string of the molecule is C[C@@H]1CC[C@@H](O)[C@@H](C23CC4CC(CC(C4)C2)C3)C1. The zero-order valence-electron chi connectivity index (χ0n) is 11.8. The number of hydrogen-bond donors (Lipinski definition) is 1. The fourth-order valence-electron chi connectivity index (χ4n) is 6.65. The van der Waals surface area contributed by atoms with E-state index in [2.05, 4.69) is 6.92 Å². The molecule has 5 aliphatic rings. The van der Waals surface area contributed by atoms with Crippen LogP contribution in [0.2, 0.25) is 0 Å². The first-order chi connectivity index (χ1) is 8.64. The monoisotopic (exact) mass is 248 g/mol. The zero-order chi connectivity index (χ0) is 12.3. The van der Waals surface area contributed by atoms with Gasteiger partial charge in [0.05, 0.1) is 6.10 Å². The summed E-state index contributed by atoms with van der Waals surface area (Å²) in [6.45, 7) is 2.40. The van der Waals surface area contributed by atoms with Gasteiger partial charge in [-0.2, -0.15) is 0 Å². The summed E-state index contributed by atoms with van der Waals surface area (Å²) in [6.07, 6.45) is 12.6. The highest BCUT2D eigenvalue weighted by Gasteiger charge is 2.55. The fraction of sp³-hybridized carbons (Fsp3) is 1.00. The molecule has 18 heavy (non-hydrogen) atoms. The van der Waals surface area contributed by atoms with Gasteiger partial charge in [0.1, 0.15) is 0 Å². The molecule has 1 N–H and O–H groups in total. The van der Waals surface area contributed by atoms with E-state index in [9.17, 15) is 5.11 Å². The van der Waals surface area contributed by atoms with Crippen molar-refractivity contribution in [3.05, 3.63) is 0 Å². The second-order valence-corrected chi connectivity index (χ2v) is 8.37. The molecule has 0 aromatic carbocycles. The molecular weight excluding hydrogens is 220 g/mol. The first-order valence-electron chi connectivity index (χ1n) is 8.33. The van der Waals surface area contributed by atoms with E-state index in [1.54, 1.807) is 0 Å². The third-order valence-corrected chi connectivity index (χ3v) is 6.95. The summed E-state index contributed by atoms with van der Waals surface area (Å²) in [5.74, 6) is 4.59. The van der Waals surface area contributed by atoms with Crippen molar-refractivity contribution < 1.29 is 5.11 Å². The Morgan fingerprint density at radius 2 is 1.39 bits per heavy atom. The first kappa shape index (κ1) is 11.8. The van der Waals surface area contributed by atoms with Gasteiger partial charge in [0, 0.05) is 0 Å². The Balaban J connectivity index is 1.62. The Hall–Kier alpha value is -0.0400. The van der Waals surface area contributed by atoms with E-state index in [0.29, 0.717) is 11.3 Å². The lowest BCUT2D eigenvalue weighted by Crippen LogP contribution is -2.53. The molecule has 3 atom stereocenters. The maximum atomic E-state index is 10.5. The third kappa shape index (κ3) is 1.69. The molecule has 5 saturated carbocycles. The number of aliphatic hydroxyl groups excluding tert-OH is 1. The lowest BCUT2D eigenvalue weighted by atomic mass is 9.44. The predicted molar refractivity (Wildman–Crippen MR) is 73.1 cm³/mol. The quantitative estimate of drug-likeness (QED) is 0.743. The lowest BCUT2D eigenvalue weighted by Gasteiger charge is -2.61. The van der Waals surface area contributed by atoms with Crippen molar-refractivity contribution in [1.82, 2.24) is 0 Å². The van der Waals surface area contributed by atoms with Crippen LogP contribution in [0.3, 0.4) is 0 Å². The Morgan fingerprint density at radius 1 is 0.833 bits per heavy atom. The molecule has 1 nitrogen and oxygen atoms in total. The van der Waals surface area contributed by atoms with Gasteiger partial charge < -0.3 is 5.11 Å². The molecule has 0 unspecified atom stereocenters. The maximum absolute atomic E-state index is 10.5. The topological polar surface area (TPSA) is 20.2 Å². The molecule has 0 aromatic rings. The van der Waals surface area contributed by atoms with Gasteiger partial charge in [0.2, 0.25) is 0 Å². The van der Waals surface area contributed by atoms with Crippen LogP contribution in [0.1, 0.15) is 64.7 Å². The van der Waals surface area contributed by atoms with E-state index in [1.165, 1.54) is 51.4 Å². The van der Waals surface area contributed by atoms with Gasteiger partial charge in [0.25, 0.3) is 0 Å². The third-order valence-electron chi connectivity index (χ3n) is 6.95. The fourth-order valence-corrected chi connectivity index (χ4v) is 6.65. The molecule has 5 rings (SSSR count). The van der Waals surface area contributed by atoms with E-state index < -0.39 is 0 Å². The molecule has 4 bridgehead atoms. The zero-order valence-corrected chi connectivity index (χ0v) is 11.8. The highest BCUT2D eigenvalue weighted by Crippen LogP contribution is 2.64. The van der Waals surface area contributed by atoms with Gasteiger partial charge >= 0.3 is 0 Å². The minimum absolute atomic E-state index is 0.0254. The van der Waals surface area contributed by atoms with E-state index in [0.717, 1.165) is 30.1 Å². The van der Waals surface area contributed by atoms with Crippen LogP contribution in [0.5, 0.6) is 0 Å². The molecule has 0 spiro atoms. The van der Waals surface area contributed by atoms with E-state index >= 15 is 0 Å². The molecule has 0 radical (unpaired) electrons. The predicted octanol–water partition coefficient (Wildman–Crippen LogP) is 4.00. The number of rotatable bonds is 1. The van der Waals surface area contributed by atoms with Gasteiger partial charge in [-0.05, 0) is 92.8 Å². The van der Waals surface area contributed by atoms with E-state index in [1.807, 2.05) is 0 Å². The minimum Gasteiger partial charge on any atom is -0.393 e. The molecule has 0 amide bonds. The number of hydrogen-bond acceptors (Lipinski definition) is 1. The average molecular weight is 248 g/mol. The molecular formula is C17H28O. The Labute approximate surface area is 111 Å². The normalized spacial score (nSPS) is 59.0. The van der Waals surface area contributed by atoms with Crippen LogP contribution in [0, 0.1) is 35.0 Å². The number of aliphatic hydroxyl groups is 1. The van der Waals surface area contributed by atoms with Crippen LogP contribution in [0.15, 0.2) is 0 Å². The highest BCUT2D eigenvalue weighted by atomic mass is 16.3. The molecule has 0 aliphatic heterocycles. The van der Waals surface area contributed by atoms with Crippen LogP contribution in [0.4, 0.5) is 0 Å². The molecule has 102 valence electrons. The summed E-state index contributed by atoms with van der Waals surface area (Å²) in [7, 11) is 0. The summed E-state index contributed by atoms with van der Waals surface area (Å²) in [5, 5.41) is 10.5. The van der Waals surface area contributed by atoms with Crippen LogP contribution in [0.25, 0.3) is 0 Å². The first-order valence-corrected chi connectivity index (χ1v) is 8.33. The average Bonchev–Trinajstić information content (AvgIpc) is 2.30. The van der Waals surface area contributed by atoms with Crippen LogP contribution in [-0.4, -0.2) is 11.2 Å². The van der Waals surface area contributed by atoms with Crippen molar-refractivity contribution in [1.29, 1.82) is 0 Å². The van der Waals surface area contributed by atoms with Gasteiger partial charge in [-0.25, -0.2) is 0 Å². The van der Waals surface area contributed by atoms with E-state index in [4.69, 9.17) is 0 Å². The van der Waals surface area contributed by atoms with Gasteiger partial charge in [0.15, 0.2) is 0 Å². The van der Waals surface area contributed by atoms with Crippen molar-refractivity contribution in [2.75, 3.05) is 0 Å². The van der Waals surface area contributed by atoms with Crippen molar-refractivity contribution in [2.24, 2.45) is 35.0 Å². The molecule has 5 fully saturated rings. The standard InChI is InChI=1S/C17H28O/c1-11-2-3-16(18)15(4-11)17-8-12-5-13(9-17)7-14(6-12)10-17/h11-16,18H,2-10H2,1H3/t11-,12?,13?,14?,15+,16-,17?/m1/s1. The van der Waals surface area contributed by atoms with Gasteiger partial charge in [-0.1, -0.05) is 6.92 Å². The molecule has 0 heterocycles. The van der Waals surface area contributed by atoms with Crippen LogP contribution in [-0.2, 0) is 0 Å². The van der Waals surface area contributed by atoms with Crippen LogP contribution < -0.4 is 0 Å². The Kier molecular flexibility index (Phi) is 2.60. The molecule has 0 saturated heterocycles. The van der Waals surface area contributed by atoms with Gasteiger partial charge in [-0.3, -0.25) is 0 Å². The lowest BCUT2D eigenvalue weighted by molar-refractivity contribution is -0.132. The van der Waals surface area contributed by atoms with Crippen molar-refractivity contribution in [2.45, 2.75) is 70.8 Å². The summed E-state index contributed by atoms with van der Waals surface area (Å²) in [5.41, 5.74) is 0.572. The summed E-state index contributed by atoms with van der Waals surface area (Å²) >= 11 is 0. The second kappa shape index (κ2) is 3.98. The van der Waals surface area contributed by atoms with E-state index in [-0.39, 0.29) is 6.10 Å². The Morgan fingerprint density at radius 3 is 1.94 bits per heavy atom. The maximum Gasteiger partial charge on any atom is 0.0573 e. The van der Waals surface area contributed by atoms with Crippen molar-refractivity contribution >= 4 is 0 Å². The van der Waals surface area contributed by atoms with Gasteiger partial charge in [-0.15, -0.1) is 0 Å². The Bertz CT molecular complexity index is 299. The smallest absolute Gasteiger partial charge is 0.0573 e. The van der Waals surface area contributed by atoms with Crippen molar-refractivity contribution in [3.8, 4) is 0 Å². The highest BCUT2D eigenvalue weighted by molar-refractivity contribution is 5.06. The van der Waals surface area contributed by atoms with Crippen molar-refractivity contribution in [3.63, 3.8) is 0 Å². The largest absolute Gasteiger partial charge is 0.393 e. The minimum atomic E-state index is 0.0254.